The van der Waals surface area contributed by atoms with E-state index in [0.29, 0.717) is 36.7 Å². The molecule has 0 spiro atoms. The van der Waals surface area contributed by atoms with Gasteiger partial charge in [-0.15, -0.1) is 0 Å². The molecule has 3 heterocycles. The minimum atomic E-state index is -2.78. The Bertz CT molecular complexity index is 712. The molecule has 0 N–H and O–H groups in total. The number of piperidine rings is 1. The number of rotatable bonds is 3. The van der Waals surface area contributed by atoms with E-state index < -0.39 is 9.84 Å². The molecule has 3 aliphatic heterocycles. The van der Waals surface area contributed by atoms with Crippen LogP contribution in [0, 0.1) is 0 Å². The van der Waals surface area contributed by atoms with E-state index in [9.17, 15) is 8.42 Å². The summed E-state index contributed by atoms with van der Waals surface area (Å²) in [7, 11) is -2.78. The van der Waals surface area contributed by atoms with Crippen LogP contribution in [0.4, 0.5) is 0 Å². The van der Waals surface area contributed by atoms with Crippen LogP contribution >= 0.6 is 0 Å². The van der Waals surface area contributed by atoms with Gasteiger partial charge >= 0.3 is 0 Å². The average Bonchev–Trinajstić information content (AvgIpc) is 3.09. The molecule has 6 heteroatoms. The Labute approximate surface area is 150 Å². The lowest BCUT2D eigenvalue weighted by Gasteiger charge is -2.42. The van der Waals surface area contributed by atoms with Crippen molar-refractivity contribution in [3.05, 3.63) is 29.3 Å². The Morgan fingerprint density at radius 2 is 1.84 bits per heavy atom. The van der Waals surface area contributed by atoms with Crippen LogP contribution in [-0.4, -0.2) is 68.6 Å². The fraction of sp³-hybridized carbons (Fsp3) is 0.684. The zero-order chi connectivity index (χ0) is 17.4. The summed E-state index contributed by atoms with van der Waals surface area (Å²) in [5, 5.41) is 0. The summed E-state index contributed by atoms with van der Waals surface area (Å²) in [4.78, 5) is 4.94. The predicted octanol–water partition coefficient (Wildman–Crippen LogP) is 1.88. The van der Waals surface area contributed by atoms with E-state index in [1.54, 1.807) is 0 Å². The Morgan fingerprint density at radius 3 is 2.56 bits per heavy atom. The summed E-state index contributed by atoms with van der Waals surface area (Å²) in [5.74, 6) is 1.73. The first-order chi connectivity index (χ1) is 12.0. The van der Waals surface area contributed by atoms with Crippen molar-refractivity contribution in [3.63, 3.8) is 0 Å². The Morgan fingerprint density at radius 1 is 1.12 bits per heavy atom. The molecule has 0 aliphatic carbocycles. The quantitative estimate of drug-likeness (QED) is 0.820. The lowest BCUT2D eigenvalue weighted by atomic mass is 9.98. The summed E-state index contributed by atoms with van der Waals surface area (Å²) < 4.78 is 28.9. The minimum absolute atomic E-state index is 0.332. The zero-order valence-corrected chi connectivity index (χ0v) is 15.8. The maximum Gasteiger partial charge on any atom is 0.152 e. The van der Waals surface area contributed by atoms with Crippen molar-refractivity contribution >= 4 is 9.84 Å². The number of likely N-dealkylation sites (tertiary alicyclic amines) is 1. The van der Waals surface area contributed by atoms with Gasteiger partial charge in [0.1, 0.15) is 5.75 Å². The maximum atomic E-state index is 11.6. The zero-order valence-electron chi connectivity index (χ0n) is 15.0. The number of ether oxygens (including phenoxy) is 1. The molecule has 3 aliphatic rings. The van der Waals surface area contributed by atoms with Crippen molar-refractivity contribution in [1.29, 1.82) is 0 Å². The molecule has 2 fully saturated rings. The first-order valence-electron chi connectivity index (χ1n) is 9.46. The largest absolute Gasteiger partial charge is 0.493 e. The van der Waals surface area contributed by atoms with Crippen LogP contribution in [0.1, 0.15) is 36.9 Å². The van der Waals surface area contributed by atoms with Gasteiger partial charge in [0.15, 0.2) is 9.84 Å². The van der Waals surface area contributed by atoms with Gasteiger partial charge in [-0.05, 0) is 37.0 Å². The topological polar surface area (TPSA) is 49.9 Å². The first kappa shape index (κ1) is 17.3. The molecule has 4 rings (SSSR count). The van der Waals surface area contributed by atoms with Gasteiger partial charge in [0.05, 0.1) is 18.1 Å². The van der Waals surface area contributed by atoms with Crippen molar-refractivity contribution in [2.45, 2.75) is 38.3 Å². The number of benzene rings is 1. The molecule has 2 saturated heterocycles. The molecule has 5 nitrogen and oxygen atoms in total. The van der Waals surface area contributed by atoms with Gasteiger partial charge in [-0.3, -0.25) is 9.80 Å². The Balaban J connectivity index is 1.34. The van der Waals surface area contributed by atoms with E-state index in [1.807, 2.05) is 0 Å². The van der Waals surface area contributed by atoms with Crippen molar-refractivity contribution in [1.82, 2.24) is 9.80 Å². The molecule has 0 aromatic heterocycles. The minimum Gasteiger partial charge on any atom is -0.493 e. The van der Waals surface area contributed by atoms with Crippen LogP contribution in [0.25, 0.3) is 0 Å². The molecular weight excluding hydrogens is 336 g/mol. The number of sulfone groups is 1. The summed E-state index contributed by atoms with van der Waals surface area (Å²) in [6.45, 7) is 6.67. The Hall–Kier alpha value is -1.11. The normalized spacial score (nSPS) is 26.1. The highest BCUT2D eigenvalue weighted by atomic mass is 32.2. The summed E-state index contributed by atoms with van der Waals surface area (Å²) >= 11 is 0. The molecule has 1 aromatic rings. The van der Waals surface area contributed by atoms with Gasteiger partial charge in [0.25, 0.3) is 0 Å². The van der Waals surface area contributed by atoms with E-state index in [-0.39, 0.29) is 0 Å². The maximum absolute atomic E-state index is 11.6. The molecule has 1 aromatic carbocycles. The molecule has 25 heavy (non-hydrogen) atoms. The molecule has 1 atom stereocenters. The van der Waals surface area contributed by atoms with Crippen molar-refractivity contribution in [2.24, 2.45) is 0 Å². The first-order valence-corrected chi connectivity index (χ1v) is 11.3. The fourth-order valence-electron chi connectivity index (χ4n) is 4.38. The third kappa shape index (κ3) is 3.71. The van der Waals surface area contributed by atoms with Crippen LogP contribution < -0.4 is 4.74 Å². The highest BCUT2D eigenvalue weighted by molar-refractivity contribution is 7.91. The standard InChI is InChI=1S/C19H28N2O3S/c1-15(17-3-2-16-6-11-24-19(16)14-17)20-7-4-18(5-8-20)21-9-12-25(22,23)13-10-21/h2-3,14-15,18H,4-13H2,1H3. The average molecular weight is 365 g/mol. The van der Waals surface area contributed by atoms with Crippen LogP contribution in [0.5, 0.6) is 5.75 Å². The molecule has 138 valence electrons. The SMILES string of the molecule is CC(c1ccc2c(c1)OCC2)N1CCC(N2CCS(=O)(=O)CC2)CC1. The van der Waals surface area contributed by atoms with E-state index in [4.69, 9.17) is 4.74 Å². The monoisotopic (exact) mass is 364 g/mol. The summed E-state index contributed by atoms with van der Waals surface area (Å²) in [5.41, 5.74) is 2.66. The van der Waals surface area contributed by atoms with Gasteiger partial charge < -0.3 is 4.74 Å². The number of hydrogen-bond acceptors (Lipinski definition) is 5. The fourth-order valence-corrected chi connectivity index (χ4v) is 5.61. The molecule has 1 unspecified atom stereocenters. The summed E-state index contributed by atoms with van der Waals surface area (Å²) in [6, 6.07) is 7.63. The van der Waals surface area contributed by atoms with Crippen LogP contribution in [0.15, 0.2) is 18.2 Å². The number of hydrogen-bond donors (Lipinski definition) is 0. The highest BCUT2D eigenvalue weighted by Crippen LogP contribution is 2.32. The number of nitrogens with zero attached hydrogens (tertiary/aromatic N) is 2. The molecule has 0 saturated carbocycles. The third-order valence-electron chi connectivity index (χ3n) is 6.14. The van der Waals surface area contributed by atoms with Gasteiger partial charge in [-0.2, -0.15) is 0 Å². The van der Waals surface area contributed by atoms with Crippen LogP contribution in [-0.2, 0) is 16.3 Å². The molecular formula is C19H28N2O3S. The highest BCUT2D eigenvalue weighted by Gasteiger charge is 2.31. The van der Waals surface area contributed by atoms with E-state index >= 15 is 0 Å². The van der Waals surface area contributed by atoms with Gasteiger partial charge in [0.2, 0.25) is 0 Å². The van der Waals surface area contributed by atoms with Crippen molar-refractivity contribution in [3.8, 4) is 5.75 Å². The van der Waals surface area contributed by atoms with E-state index in [2.05, 4.69) is 34.9 Å². The molecule has 0 bridgehead atoms. The lowest BCUT2D eigenvalue weighted by Crippen LogP contribution is -2.50. The van der Waals surface area contributed by atoms with Gasteiger partial charge in [-0.25, -0.2) is 8.42 Å². The molecule has 0 amide bonds. The second-order valence-electron chi connectivity index (χ2n) is 7.60. The Kier molecular flexibility index (Phi) is 4.77. The predicted molar refractivity (Wildman–Crippen MR) is 98.9 cm³/mol. The smallest absolute Gasteiger partial charge is 0.152 e. The van der Waals surface area contributed by atoms with Crippen LogP contribution in [0.2, 0.25) is 0 Å². The van der Waals surface area contributed by atoms with E-state index in [0.717, 1.165) is 44.7 Å². The van der Waals surface area contributed by atoms with E-state index in [1.165, 1.54) is 11.1 Å². The lowest BCUT2D eigenvalue weighted by molar-refractivity contribution is 0.0927. The van der Waals surface area contributed by atoms with Gasteiger partial charge in [0, 0.05) is 44.7 Å². The van der Waals surface area contributed by atoms with Gasteiger partial charge in [-0.1, -0.05) is 12.1 Å². The van der Waals surface area contributed by atoms with Crippen LogP contribution in [0.3, 0.4) is 0 Å². The van der Waals surface area contributed by atoms with Crippen molar-refractivity contribution < 1.29 is 13.2 Å². The second-order valence-corrected chi connectivity index (χ2v) is 9.90. The summed E-state index contributed by atoms with van der Waals surface area (Å²) in [6.07, 6.45) is 3.29. The number of fused-ring (bicyclic) bond motifs is 1. The second kappa shape index (κ2) is 6.89. The molecule has 0 radical (unpaired) electrons. The third-order valence-corrected chi connectivity index (χ3v) is 7.75. The van der Waals surface area contributed by atoms with Crippen molar-refractivity contribution in [2.75, 3.05) is 44.3 Å².